The molecule has 7 heteroatoms. The molecule has 5 nitrogen and oxygen atoms in total. The predicted molar refractivity (Wildman–Crippen MR) is 97.6 cm³/mol. The molecular weight excluding hydrogens is 344 g/mol. The van der Waals surface area contributed by atoms with Gasteiger partial charge in [0.2, 0.25) is 0 Å². The van der Waals surface area contributed by atoms with Gasteiger partial charge in [0.25, 0.3) is 0 Å². The molecule has 0 fully saturated rings. The molecule has 4 rings (SSSR count). The highest BCUT2D eigenvalue weighted by Gasteiger charge is 2.14. The first-order valence-electron chi connectivity index (χ1n) is 7.19. The Labute approximate surface area is 144 Å². The standard InChI is InChI=1S/C17H12N2O3S2/c1-18-11-5-3-9(7-13(11)23-16(18)21)15(20)10-4-6-12-14(8-10)24-17(22)19(12)2/h3-8H,1-2H3. The summed E-state index contributed by atoms with van der Waals surface area (Å²) in [6.07, 6.45) is 0. The molecule has 0 bridgehead atoms. The van der Waals surface area contributed by atoms with Crippen LogP contribution in [-0.2, 0) is 14.1 Å². The van der Waals surface area contributed by atoms with Gasteiger partial charge < -0.3 is 9.13 Å². The van der Waals surface area contributed by atoms with Crippen LogP contribution in [0.15, 0.2) is 46.0 Å². The van der Waals surface area contributed by atoms with E-state index in [9.17, 15) is 14.4 Å². The van der Waals surface area contributed by atoms with E-state index in [1.54, 1.807) is 59.6 Å². The summed E-state index contributed by atoms with van der Waals surface area (Å²) in [6.45, 7) is 0. The van der Waals surface area contributed by atoms with Crippen LogP contribution in [0, 0.1) is 0 Å². The molecule has 0 radical (unpaired) electrons. The molecule has 0 unspecified atom stereocenters. The fraction of sp³-hybridized carbons (Fsp3) is 0.118. The van der Waals surface area contributed by atoms with E-state index in [0.29, 0.717) is 11.1 Å². The Kier molecular flexibility index (Phi) is 3.29. The van der Waals surface area contributed by atoms with Gasteiger partial charge in [0.1, 0.15) is 0 Å². The third-order valence-electron chi connectivity index (χ3n) is 4.11. The van der Waals surface area contributed by atoms with Gasteiger partial charge in [-0.15, -0.1) is 0 Å². The first-order chi connectivity index (χ1) is 11.5. The maximum Gasteiger partial charge on any atom is 0.307 e. The first-order valence-corrected chi connectivity index (χ1v) is 8.83. The lowest BCUT2D eigenvalue weighted by Gasteiger charge is -2.03. The van der Waals surface area contributed by atoms with Gasteiger partial charge in [-0.25, -0.2) is 0 Å². The van der Waals surface area contributed by atoms with Crippen molar-refractivity contribution in [3.8, 4) is 0 Å². The Morgan fingerprint density at radius 1 is 0.792 bits per heavy atom. The van der Waals surface area contributed by atoms with Crippen LogP contribution >= 0.6 is 22.7 Å². The summed E-state index contributed by atoms with van der Waals surface area (Å²) in [5, 5.41) is 0. The van der Waals surface area contributed by atoms with Gasteiger partial charge in [0, 0.05) is 25.2 Å². The highest BCUT2D eigenvalue weighted by Crippen LogP contribution is 2.23. The second kappa shape index (κ2) is 5.25. The average Bonchev–Trinajstić information content (AvgIpc) is 3.02. The molecule has 24 heavy (non-hydrogen) atoms. The molecule has 120 valence electrons. The Balaban J connectivity index is 1.83. The lowest BCUT2D eigenvalue weighted by molar-refractivity contribution is 0.103. The number of aryl methyl sites for hydroxylation is 2. The summed E-state index contributed by atoms with van der Waals surface area (Å²) in [6, 6.07) is 10.5. The number of hydrogen-bond donors (Lipinski definition) is 0. The number of aromatic nitrogens is 2. The Hall–Kier alpha value is -2.51. The maximum atomic E-state index is 12.8. The molecule has 0 saturated heterocycles. The van der Waals surface area contributed by atoms with E-state index < -0.39 is 0 Å². The second-order valence-corrected chi connectivity index (χ2v) is 7.53. The molecule has 4 aromatic rings. The van der Waals surface area contributed by atoms with Crippen LogP contribution in [0.2, 0.25) is 0 Å². The molecule has 0 aliphatic carbocycles. The number of hydrogen-bond acceptors (Lipinski definition) is 5. The fourth-order valence-electron chi connectivity index (χ4n) is 2.72. The number of carbonyl (C=O) groups is 1. The zero-order valence-electron chi connectivity index (χ0n) is 12.9. The number of rotatable bonds is 2. The molecule has 0 aliphatic rings. The lowest BCUT2D eigenvalue weighted by Crippen LogP contribution is -2.06. The van der Waals surface area contributed by atoms with E-state index >= 15 is 0 Å². The lowest BCUT2D eigenvalue weighted by atomic mass is 10.0. The number of nitrogens with zero attached hydrogens (tertiary/aromatic N) is 2. The van der Waals surface area contributed by atoms with Crippen molar-refractivity contribution in [2.45, 2.75) is 0 Å². The van der Waals surface area contributed by atoms with Crippen LogP contribution in [0.25, 0.3) is 20.4 Å². The minimum Gasteiger partial charge on any atom is -0.302 e. The molecule has 2 aromatic heterocycles. The van der Waals surface area contributed by atoms with Crippen molar-refractivity contribution in [2.75, 3.05) is 0 Å². The number of ketones is 1. The van der Waals surface area contributed by atoms with Gasteiger partial charge in [-0.05, 0) is 36.4 Å². The maximum absolute atomic E-state index is 12.8. The third-order valence-corrected chi connectivity index (χ3v) is 6.10. The summed E-state index contributed by atoms with van der Waals surface area (Å²) >= 11 is 2.25. The van der Waals surface area contributed by atoms with Crippen molar-refractivity contribution in [1.29, 1.82) is 0 Å². The van der Waals surface area contributed by atoms with Gasteiger partial charge in [0.05, 0.1) is 20.4 Å². The molecule has 0 N–H and O–H groups in total. The van der Waals surface area contributed by atoms with E-state index in [1.165, 1.54) is 0 Å². The van der Waals surface area contributed by atoms with Crippen LogP contribution in [0.5, 0.6) is 0 Å². The molecule has 0 spiro atoms. The second-order valence-electron chi connectivity index (χ2n) is 5.55. The van der Waals surface area contributed by atoms with Gasteiger partial charge in [-0.2, -0.15) is 0 Å². The van der Waals surface area contributed by atoms with Gasteiger partial charge >= 0.3 is 9.75 Å². The van der Waals surface area contributed by atoms with Gasteiger partial charge in [0.15, 0.2) is 5.78 Å². The van der Waals surface area contributed by atoms with Crippen LogP contribution in [0.4, 0.5) is 0 Å². The quantitative estimate of drug-likeness (QED) is 0.519. The third kappa shape index (κ3) is 2.16. The highest BCUT2D eigenvalue weighted by atomic mass is 32.1. The van der Waals surface area contributed by atoms with Crippen LogP contribution < -0.4 is 9.75 Å². The van der Waals surface area contributed by atoms with E-state index in [0.717, 1.165) is 43.1 Å². The minimum atomic E-state index is -0.120. The zero-order valence-corrected chi connectivity index (χ0v) is 14.5. The van der Waals surface area contributed by atoms with Crippen molar-refractivity contribution in [1.82, 2.24) is 9.13 Å². The minimum absolute atomic E-state index is 0.0509. The highest BCUT2D eigenvalue weighted by molar-refractivity contribution is 7.16. The molecule has 2 aromatic carbocycles. The largest absolute Gasteiger partial charge is 0.307 e. The van der Waals surface area contributed by atoms with Crippen molar-refractivity contribution >= 4 is 48.9 Å². The van der Waals surface area contributed by atoms with E-state index in [-0.39, 0.29) is 15.5 Å². The van der Waals surface area contributed by atoms with E-state index in [4.69, 9.17) is 0 Å². The predicted octanol–water partition coefficient (Wildman–Crippen LogP) is 2.74. The van der Waals surface area contributed by atoms with Gasteiger partial charge in [-0.1, -0.05) is 22.7 Å². The number of carbonyl (C=O) groups excluding carboxylic acids is 1. The summed E-state index contributed by atoms with van der Waals surface area (Å²) in [5.74, 6) is -0.120. The SMILES string of the molecule is Cn1c(=O)sc2cc(C(=O)c3ccc4c(c3)sc(=O)n4C)ccc21. The van der Waals surface area contributed by atoms with Crippen molar-refractivity contribution in [2.24, 2.45) is 14.1 Å². The number of fused-ring (bicyclic) bond motifs is 2. The molecule has 0 amide bonds. The zero-order chi connectivity index (χ0) is 17.0. The number of thiazole rings is 2. The molecular formula is C17H12N2O3S2. The van der Waals surface area contributed by atoms with Crippen molar-refractivity contribution in [3.05, 3.63) is 66.9 Å². The summed E-state index contributed by atoms with van der Waals surface area (Å²) in [5.41, 5.74) is 2.70. The number of benzene rings is 2. The molecule has 0 aliphatic heterocycles. The topological polar surface area (TPSA) is 61.1 Å². The molecule has 0 atom stereocenters. The Morgan fingerprint density at radius 2 is 1.21 bits per heavy atom. The van der Waals surface area contributed by atoms with Crippen LogP contribution in [-0.4, -0.2) is 14.9 Å². The van der Waals surface area contributed by atoms with Crippen molar-refractivity contribution < 1.29 is 4.79 Å². The summed E-state index contributed by atoms with van der Waals surface area (Å²) in [4.78, 5) is 36.1. The average molecular weight is 356 g/mol. The van der Waals surface area contributed by atoms with E-state index in [1.807, 2.05) is 0 Å². The smallest absolute Gasteiger partial charge is 0.302 e. The summed E-state index contributed by atoms with van der Waals surface area (Å²) in [7, 11) is 3.43. The van der Waals surface area contributed by atoms with E-state index in [2.05, 4.69) is 0 Å². The van der Waals surface area contributed by atoms with Gasteiger partial charge in [-0.3, -0.25) is 14.4 Å². The molecule has 2 heterocycles. The van der Waals surface area contributed by atoms with Crippen LogP contribution in [0.3, 0.4) is 0 Å². The molecule has 0 saturated carbocycles. The Morgan fingerprint density at radius 3 is 1.62 bits per heavy atom. The Bertz CT molecular complexity index is 1140. The normalized spacial score (nSPS) is 11.4. The van der Waals surface area contributed by atoms with Crippen LogP contribution in [0.1, 0.15) is 15.9 Å². The first kappa shape index (κ1) is 15.0. The monoisotopic (exact) mass is 356 g/mol. The summed E-state index contributed by atoms with van der Waals surface area (Å²) < 4.78 is 4.72. The van der Waals surface area contributed by atoms with Crippen molar-refractivity contribution in [3.63, 3.8) is 0 Å². The fourth-order valence-corrected chi connectivity index (χ4v) is 4.55.